The van der Waals surface area contributed by atoms with E-state index in [1.54, 1.807) is 0 Å². The van der Waals surface area contributed by atoms with E-state index < -0.39 is 14.8 Å². The van der Waals surface area contributed by atoms with E-state index in [0.29, 0.717) is 0 Å². The summed E-state index contributed by atoms with van der Waals surface area (Å²) in [5.41, 5.74) is 0. The summed E-state index contributed by atoms with van der Waals surface area (Å²) >= 11 is 23.4. The fourth-order valence-corrected chi connectivity index (χ4v) is 6.77. The molecule has 12 heavy (non-hydrogen) atoms. The molecule has 0 heterocycles. The molecule has 0 radical (unpaired) electrons. The van der Waals surface area contributed by atoms with E-state index in [2.05, 4.69) is 0 Å². The Bertz CT molecular complexity index is 236. The highest BCUT2D eigenvalue weighted by molar-refractivity contribution is 7.44. The van der Waals surface area contributed by atoms with Gasteiger partial charge in [-0.25, -0.2) is 0 Å². The molecule has 0 fully saturated rings. The molecule has 0 aliphatic carbocycles. The molecule has 0 N–H and O–H groups in total. The minimum absolute atomic E-state index is 0.961. The van der Waals surface area contributed by atoms with Crippen molar-refractivity contribution in [2.75, 3.05) is 0 Å². The number of rotatable bonds is 2. The summed E-state index contributed by atoms with van der Waals surface area (Å²) in [6, 6.07) is 7.59. The van der Waals surface area contributed by atoms with Gasteiger partial charge < -0.3 is 0 Å². The highest BCUT2D eigenvalue weighted by Crippen LogP contribution is 2.01. The van der Waals surface area contributed by atoms with Crippen LogP contribution in [0.2, 0.25) is 0 Å². The molecule has 1 aromatic rings. The van der Waals surface area contributed by atoms with E-state index in [-0.39, 0.29) is 0 Å². The van der Waals surface area contributed by atoms with E-state index in [1.165, 1.54) is 0 Å². The van der Waals surface area contributed by atoms with Gasteiger partial charge in [-0.2, -0.15) is 0 Å². The topological polar surface area (TPSA) is 0 Å². The number of hydrogen-bond acceptors (Lipinski definition) is 0. The predicted molar refractivity (Wildman–Crippen MR) is 63.4 cm³/mol. The van der Waals surface area contributed by atoms with Crippen molar-refractivity contribution in [2.24, 2.45) is 0 Å². The molecule has 0 saturated carbocycles. The Balaban J connectivity index is 3.09. The molecule has 1 aromatic carbocycles. The van der Waals surface area contributed by atoms with Crippen molar-refractivity contribution in [1.29, 1.82) is 0 Å². The first kappa shape index (κ1) is 10.9. The van der Waals surface area contributed by atoms with Gasteiger partial charge in [0.1, 0.15) is 0 Å². The second-order valence-electron chi connectivity index (χ2n) is 2.23. The van der Waals surface area contributed by atoms with Crippen molar-refractivity contribution in [3.63, 3.8) is 0 Å². The largest absolute Gasteiger partial charge is 0.266 e. The second kappa shape index (κ2) is 4.89. The Hall–Kier alpha value is 0.814. The minimum atomic E-state index is -1.81. The van der Waals surface area contributed by atoms with Crippen molar-refractivity contribution in [3.8, 4) is 0 Å². The molecule has 0 bridgehead atoms. The van der Waals surface area contributed by atoms with Crippen molar-refractivity contribution in [2.45, 2.75) is 0 Å². The van der Waals surface area contributed by atoms with Crippen LogP contribution in [0.1, 0.15) is 0 Å². The monoisotopic (exact) mass is 274 g/mol. The fourth-order valence-electron chi connectivity index (χ4n) is 0.908. The molecule has 0 saturated heterocycles. The molecule has 0 spiro atoms. The Morgan fingerprint density at radius 3 is 1.33 bits per heavy atom. The molecule has 0 aliphatic rings. The van der Waals surface area contributed by atoms with Gasteiger partial charge in [0.2, 0.25) is 0 Å². The number of hydrogen-bond donors (Lipinski definition) is 0. The zero-order valence-corrected chi connectivity index (χ0v) is 11.3. The molecule has 0 aliphatic heterocycles. The van der Waals surface area contributed by atoms with Crippen molar-refractivity contribution >= 4 is 69.5 Å². The maximum absolute atomic E-state index is 5.86. The lowest BCUT2D eigenvalue weighted by Gasteiger charge is -2.07. The normalized spacial score (nSPS) is 11.2. The van der Waals surface area contributed by atoms with Crippen LogP contribution >= 0.6 is 44.3 Å². The van der Waals surface area contributed by atoms with Gasteiger partial charge in [-0.15, -0.1) is 44.3 Å². The maximum Gasteiger partial charge on any atom is 0.266 e. The van der Waals surface area contributed by atoms with Crippen LogP contribution < -0.4 is 10.4 Å². The van der Waals surface area contributed by atoms with E-state index in [9.17, 15) is 0 Å². The summed E-state index contributed by atoms with van der Waals surface area (Å²) in [4.78, 5) is 0. The highest BCUT2D eigenvalue weighted by Gasteiger charge is 2.16. The van der Waals surface area contributed by atoms with Crippen LogP contribution in [0, 0.1) is 0 Å². The maximum atomic E-state index is 5.86. The van der Waals surface area contributed by atoms with Gasteiger partial charge in [0, 0.05) is 0 Å². The first-order valence-electron chi connectivity index (χ1n) is 3.28. The second-order valence-corrected chi connectivity index (χ2v) is 11.3. The van der Waals surface area contributed by atoms with E-state index >= 15 is 0 Å². The zero-order chi connectivity index (χ0) is 9.14. The molecular weight excluding hydrogens is 270 g/mol. The molecular formula is C6H6Cl4Si2. The predicted octanol–water partition coefficient (Wildman–Crippen LogP) is 1.50. The summed E-state index contributed by atoms with van der Waals surface area (Å²) in [6.07, 6.45) is 0. The number of benzene rings is 1. The summed E-state index contributed by atoms with van der Waals surface area (Å²) in [7, 11) is -3.63. The van der Waals surface area contributed by atoms with Crippen LogP contribution in [-0.2, 0) is 0 Å². The smallest absolute Gasteiger partial charge is 0.144 e. The Kier molecular flexibility index (Phi) is 4.44. The van der Waals surface area contributed by atoms with Crippen LogP contribution in [0.5, 0.6) is 0 Å². The first-order chi connectivity index (χ1) is 5.63. The van der Waals surface area contributed by atoms with E-state index in [0.717, 1.165) is 10.4 Å². The zero-order valence-electron chi connectivity index (χ0n) is 5.98. The molecule has 0 unspecified atom stereocenters. The van der Waals surface area contributed by atoms with Gasteiger partial charge >= 0.3 is 0 Å². The van der Waals surface area contributed by atoms with Crippen molar-refractivity contribution in [3.05, 3.63) is 24.3 Å². The summed E-state index contributed by atoms with van der Waals surface area (Å²) in [5.74, 6) is 0. The fraction of sp³-hybridized carbons (Fsp3) is 0. The molecule has 66 valence electrons. The average Bonchev–Trinajstić information content (AvgIpc) is 2.04. The molecule has 0 aromatic heterocycles. The van der Waals surface area contributed by atoms with Crippen LogP contribution in [0.3, 0.4) is 0 Å². The SMILES string of the molecule is Cl[SiH](Cl)c1ccccc1[SiH](Cl)Cl. The first-order valence-corrected chi connectivity index (χ1v) is 11.4. The highest BCUT2D eigenvalue weighted by atomic mass is 35.7. The Morgan fingerprint density at radius 1 is 0.750 bits per heavy atom. The molecule has 0 atom stereocenters. The molecule has 0 nitrogen and oxygen atoms in total. The van der Waals surface area contributed by atoms with E-state index in [4.69, 9.17) is 44.3 Å². The Labute approximate surface area is 93.4 Å². The molecule has 0 amide bonds. The van der Waals surface area contributed by atoms with Crippen LogP contribution in [0.15, 0.2) is 24.3 Å². The van der Waals surface area contributed by atoms with Crippen molar-refractivity contribution in [1.82, 2.24) is 0 Å². The third-order valence-electron chi connectivity index (χ3n) is 1.47. The quantitative estimate of drug-likeness (QED) is 0.567. The van der Waals surface area contributed by atoms with Gasteiger partial charge in [-0.3, -0.25) is 0 Å². The van der Waals surface area contributed by atoms with Crippen molar-refractivity contribution < 1.29 is 0 Å². The van der Waals surface area contributed by atoms with Gasteiger partial charge in [0.05, 0.1) is 0 Å². The lowest BCUT2D eigenvalue weighted by Crippen LogP contribution is -2.40. The van der Waals surface area contributed by atoms with Crippen LogP contribution in [0.25, 0.3) is 0 Å². The van der Waals surface area contributed by atoms with Gasteiger partial charge in [-0.05, 0) is 10.4 Å². The lowest BCUT2D eigenvalue weighted by molar-refractivity contribution is 1.82. The standard InChI is InChI=1S/C6H6Cl4Si2/c7-11(8)5-3-1-2-4-6(5)12(9)10/h1-4,11-12H. The molecule has 1 rings (SSSR count). The van der Waals surface area contributed by atoms with E-state index in [1.807, 2.05) is 24.3 Å². The van der Waals surface area contributed by atoms with Crippen LogP contribution in [0.4, 0.5) is 0 Å². The number of halogens is 4. The Morgan fingerprint density at radius 2 is 1.08 bits per heavy atom. The van der Waals surface area contributed by atoms with Crippen LogP contribution in [-0.4, -0.2) is 14.8 Å². The summed E-state index contributed by atoms with van der Waals surface area (Å²) < 4.78 is 0. The van der Waals surface area contributed by atoms with Gasteiger partial charge in [0.15, 0.2) is 0 Å². The summed E-state index contributed by atoms with van der Waals surface area (Å²) in [5, 5.41) is 1.92. The van der Waals surface area contributed by atoms with Gasteiger partial charge in [-0.1, -0.05) is 24.3 Å². The molecule has 6 heteroatoms. The van der Waals surface area contributed by atoms with Gasteiger partial charge in [0.25, 0.3) is 14.8 Å². The summed E-state index contributed by atoms with van der Waals surface area (Å²) in [6.45, 7) is 0. The third kappa shape index (κ3) is 2.65. The minimum Gasteiger partial charge on any atom is -0.144 e. The average molecular weight is 276 g/mol. The third-order valence-corrected chi connectivity index (χ3v) is 6.61. The lowest BCUT2D eigenvalue weighted by atomic mass is 10.4.